The molecule has 0 radical (unpaired) electrons. The molecule has 0 aliphatic carbocycles. The third-order valence-electron chi connectivity index (χ3n) is 2.72. The Morgan fingerprint density at radius 2 is 2.17 bits per heavy atom. The van der Waals surface area contributed by atoms with Crippen molar-refractivity contribution in [2.75, 3.05) is 0 Å². The molecule has 0 saturated heterocycles. The lowest BCUT2D eigenvalue weighted by Crippen LogP contribution is -2.07. The van der Waals surface area contributed by atoms with E-state index in [1.54, 1.807) is 6.07 Å². The first-order valence-corrected chi connectivity index (χ1v) is 6.18. The Labute approximate surface area is 112 Å². The Morgan fingerprint density at radius 3 is 2.78 bits per heavy atom. The van der Waals surface area contributed by atoms with Crippen molar-refractivity contribution in [3.05, 3.63) is 62.4 Å². The summed E-state index contributed by atoms with van der Waals surface area (Å²) in [4.78, 5) is 10.2. The van der Waals surface area contributed by atoms with Crippen LogP contribution in [0.4, 0.5) is 5.69 Å². The van der Waals surface area contributed by atoms with Crippen molar-refractivity contribution in [1.29, 1.82) is 0 Å². The molecule has 0 unspecified atom stereocenters. The highest BCUT2D eigenvalue weighted by Crippen LogP contribution is 2.24. The Hall–Kier alpha value is -1.66. The zero-order chi connectivity index (χ0) is 13.1. The maximum Gasteiger partial charge on any atom is 0.270 e. The van der Waals surface area contributed by atoms with Gasteiger partial charge in [-0.1, -0.05) is 15.9 Å². The average Bonchev–Trinajstić information content (AvgIpc) is 2.78. The lowest BCUT2D eigenvalue weighted by atomic mass is 10.2. The minimum atomic E-state index is -0.407. The van der Waals surface area contributed by atoms with Gasteiger partial charge in [0.15, 0.2) is 0 Å². The molecule has 6 heteroatoms. The summed E-state index contributed by atoms with van der Waals surface area (Å²) in [5.41, 5.74) is 7.72. The molecular weight excluding hydrogens is 298 g/mol. The lowest BCUT2D eigenvalue weighted by Gasteiger charge is -2.09. The number of nitro groups is 1. The topological polar surface area (TPSA) is 74.1 Å². The summed E-state index contributed by atoms with van der Waals surface area (Å²) in [6.07, 6.45) is 1.94. The van der Waals surface area contributed by atoms with Gasteiger partial charge < -0.3 is 10.3 Å². The Kier molecular flexibility index (Phi) is 3.78. The van der Waals surface area contributed by atoms with Crippen molar-refractivity contribution in [1.82, 2.24) is 4.57 Å². The highest BCUT2D eigenvalue weighted by Gasteiger charge is 2.10. The summed E-state index contributed by atoms with van der Waals surface area (Å²) in [7, 11) is 0. The van der Waals surface area contributed by atoms with Crippen molar-refractivity contribution in [2.24, 2.45) is 5.73 Å². The highest BCUT2D eigenvalue weighted by molar-refractivity contribution is 9.10. The number of benzene rings is 1. The van der Waals surface area contributed by atoms with Crippen LogP contribution in [0.15, 0.2) is 41.0 Å². The molecule has 1 aromatic carbocycles. The monoisotopic (exact) mass is 309 g/mol. The minimum Gasteiger partial charge on any atom is -0.346 e. The third kappa shape index (κ3) is 2.60. The van der Waals surface area contributed by atoms with Gasteiger partial charge >= 0.3 is 0 Å². The van der Waals surface area contributed by atoms with Crippen LogP contribution >= 0.6 is 15.9 Å². The van der Waals surface area contributed by atoms with Crippen molar-refractivity contribution in [2.45, 2.75) is 13.1 Å². The molecule has 2 rings (SSSR count). The van der Waals surface area contributed by atoms with Gasteiger partial charge in [-0.15, -0.1) is 0 Å². The lowest BCUT2D eigenvalue weighted by molar-refractivity contribution is -0.384. The number of nitro benzene ring substituents is 1. The SMILES string of the molecule is NCc1cccn1Cc1ccc([N+](=O)[O-])cc1Br. The zero-order valence-corrected chi connectivity index (χ0v) is 11.1. The van der Waals surface area contributed by atoms with E-state index in [9.17, 15) is 10.1 Å². The summed E-state index contributed by atoms with van der Waals surface area (Å²) in [6, 6.07) is 8.66. The molecule has 0 spiro atoms. The van der Waals surface area contributed by atoms with E-state index >= 15 is 0 Å². The molecule has 1 heterocycles. The summed E-state index contributed by atoms with van der Waals surface area (Å²) in [5.74, 6) is 0. The molecule has 18 heavy (non-hydrogen) atoms. The van der Waals surface area contributed by atoms with E-state index in [1.807, 2.05) is 22.9 Å². The van der Waals surface area contributed by atoms with Crippen molar-refractivity contribution in [3.8, 4) is 0 Å². The van der Waals surface area contributed by atoms with Gasteiger partial charge in [0.25, 0.3) is 5.69 Å². The van der Waals surface area contributed by atoms with Gasteiger partial charge in [-0.05, 0) is 23.8 Å². The van der Waals surface area contributed by atoms with Crippen LogP contribution in [0.1, 0.15) is 11.3 Å². The quantitative estimate of drug-likeness (QED) is 0.697. The van der Waals surface area contributed by atoms with Gasteiger partial charge in [-0.2, -0.15) is 0 Å². The number of non-ortho nitro benzene ring substituents is 1. The zero-order valence-electron chi connectivity index (χ0n) is 9.54. The van der Waals surface area contributed by atoms with E-state index in [2.05, 4.69) is 15.9 Å². The largest absolute Gasteiger partial charge is 0.346 e. The Morgan fingerprint density at radius 1 is 1.39 bits per heavy atom. The summed E-state index contributed by atoms with van der Waals surface area (Å²) in [6.45, 7) is 1.11. The van der Waals surface area contributed by atoms with Gasteiger partial charge in [-0.3, -0.25) is 10.1 Å². The number of aromatic nitrogens is 1. The number of hydrogen-bond acceptors (Lipinski definition) is 3. The van der Waals surface area contributed by atoms with Gasteiger partial charge in [0.2, 0.25) is 0 Å². The molecule has 0 aliphatic rings. The molecule has 94 valence electrons. The number of nitrogens with two attached hydrogens (primary N) is 1. The van der Waals surface area contributed by atoms with Crippen molar-refractivity contribution in [3.63, 3.8) is 0 Å². The third-order valence-corrected chi connectivity index (χ3v) is 3.46. The molecule has 0 aliphatic heterocycles. The van der Waals surface area contributed by atoms with Crippen LogP contribution in [0, 0.1) is 10.1 Å². The van der Waals surface area contributed by atoms with Crippen LogP contribution in [0.5, 0.6) is 0 Å². The van der Waals surface area contributed by atoms with Gasteiger partial charge in [0, 0.05) is 41.6 Å². The fraction of sp³-hybridized carbons (Fsp3) is 0.167. The Balaban J connectivity index is 2.27. The number of hydrogen-bond donors (Lipinski definition) is 1. The second kappa shape index (κ2) is 5.32. The summed E-state index contributed by atoms with van der Waals surface area (Å²) in [5, 5.41) is 10.6. The molecule has 2 N–H and O–H groups in total. The van der Waals surface area contributed by atoms with E-state index in [1.165, 1.54) is 12.1 Å². The van der Waals surface area contributed by atoms with Crippen LogP contribution in [0.2, 0.25) is 0 Å². The normalized spacial score (nSPS) is 10.6. The average molecular weight is 310 g/mol. The summed E-state index contributed by atoms with van der Waals surface area (Å²) >= 11 is 3.36. The van der Waals surface area contributed by atoms with Crippen LogP contribution in [-0.2, 0) is 13.1 Å². The van der Waals surface area contributed by atoms with Crippen LogP contribution in [0.25, 0.3) is 0 Å². The molecule has 2 aromatic rings. The number of rotatable bonds is 4. The smallest absolute Gasteiger partial charge is 0.270 e. The highest BCUT2D eigenvalue weighted by atomic mass is 79.9. The fourth-order valence-electron chi connectivity index (χ4n) is 1.75. The molecule has 1 aromatic heterocycles. The first-order chi connectivity index (χ1) is 8.61. The molecule has 0 saturated carbocycles. The molecular formula is C12H12BrN3O2. The van der Waals surface area contributed by atoms with E-state index in [-0.39, 0.29) is 5.69 Å². The van der Waals surface area contributed by atoms with Crippen molar-refractivity contribution < 1.29 is 4.92 Å². The maximum absolute atomic E-state index is 10.6. The predicted octanol–water partition coefficient (Wildman–Crippen LogP) is 2.67. The van der Waals surface area contributed by atoms with E-state index in [4.69, 9.17) is 5.73 Å². The van der Waals surface area contributed by atoms with E-state index in [0.717, 1.165) is 15.7 Å². The summed E-state index contributed by atoms with van der Waals surface area (Å²) < 4.78 is 2.75. The molecule has 0 amide bonds. The Bertz CT molecular complexity index is 580. The molecule has 0 atom stereocenters. The second-order valence-corrected chi connectivity index (χ2v) is 4.72. The standard InChI is InChI=1S/C12H12BrN3O2/c13-12-6-10(16(17)18)4-3-9(12)8-15-5-1-2-11(15)7-14/h1-6H,7-8,14H2. The minimum absolute atomic E-state index is 0.0807. The van der Waals surface area contributed by atoms with Gasteiger partial charge in [0.05, 0.1) is 4.92 Å². The first kappa shape index (κ1) is 12.8. The number of nitrogens with zero attached hydrogens (tertiary/aromatic N) is 2. The maximum atomic E-state index is 10.6. The van der Waals surface area contributed by atoms with Crippen molar-refractivity contribution >= 4 is 21.6 Å². The van der Waals surface area contributed by atoms with Gasteiger partial charge in [-0.25, -0.2) is 0 Å². The molecule has 0 fully saturated rings. The number of halogens is 1. The van der Waals surface area contributed by atoms with Crippen LogP contribution in [-0.4, -0.2) is 9.49 Å². The van der Waals surface area contributed by atoms with E-state index in [0.29, 0.717) is 13.1 Å². The predicted molar refractivity (Wildman–Crippen MR) is 72.2 cm³/mol. The first-order valence-electron chi connectivity index (χ1n) is 5.38. The fourth-order valence-corrected chi connectivity index (χ4v) is 2.24. The van der Waals surface area contributed by atoms with Crippen LogP contribution < -0.4 is 5.73 Å². The van der Waals surface area contributed by atoms with Gasteiger partial charge in [0.1, 0.15) is 0 Å². The van der Waals surface area contributed by atoms with E-state index < -0.39 is 4.92 Å². The second-order valence-electron chi connectivity index (χ2n) is 3.86. The molecule has 5 nitrogen and oxygen atoms in total. The van der Waals surface area contributed by atoms with Crippen LogP contribution in [0.3, 0.4) is 0 Å². The molecule has 0 bridgehead atoms.